The van der Waals surface area contributed by atoms with Gasteiger partial charge in [0.1, 0.15) is 5.82 Å². The van der Waals surface area contributed by atoms with Crippen LogP contribution < -0.4 is 5.73 Å². The number of pyridine rings is 1. The van der Waals surface area contributed by atoms with E-state index in [1.807, 2.05) is 24.3 Å². The molecule has 0 saturated carbocycles. The average Bonchev–Trinajstić information content (AvgIpc) is 2.36. The second-order valence-electron chi connectivity index (χ2n) is 5.33. The Hall–Kier alpha value is -1.83. The Labute approximate surface area is 116 Å². The van der Waals surface area contributed by atoms with Crippen LogP contribution in [0.4, 0.5) is 5.82 Å². The van der Waals surface area contributed by atoms with Gasteiger partial charge in [-0.15, -0.1) is 0 Å². The van der Waals surface area contributed by atoms with Gasteiger partial charge in [0.25, 0.3) is 0 Å². The molecule has 1 heterocycles. The summed E-state index contributed by atoms with van der Waals surface area (Å²) in [5, 5.41) is 0. The Morgan fingerprint density at radius 3 is 2.58 bits per heavy atom. The molecule has 0 bridgehead atoms. The molecule has 0 saturated heterocycles. The normalized spacial score (nSPS) is 11.7. The molecule has 0 fully saturated rings. The Morgan fingerprint density at radius 2 is 2.05 bits per heavy atom. The Balaban J connectivity index is 3.50. The molecule has 2 nitrogen and oxygen atoms in total. The van der Waals surface area contributed by atoms with E-state index in [1.54, 1.807) is 6.08 Å². The summed E-state index contributed by atoms with van der Waals surface area (Å²) in [5.74, 6) is 0.546. The molecule has 1 rings (SSSR count). The fourth-order valence-electron chi connectivity index (χ4n) is 2.36. The highest BCUT2D eigenvalue weighted by Gasteiger charge is 2.25. The first-order valence-corrected chi connectivity index (χ1v) is 6.68. The van der Waals surface area contributed by atoms with Crippen molar-refractivity contribution in [3.63, 3.8) is 0 Å². The van der Waals surface area contributed by atoms with Gasteiger partial charge in [0, 0.05) is 11.0 Å². The van der Waals surface area contributed by atoms with E-state index in [9.17, 15) is 0 Å². The molecule has 0 aliphatic heterocycles. The number of hydrogen-bond donors (Lipinski definition) is 1. The van der Waals surface area contributed by atoms with Crippen molar-refractivity contribution in [2.24, 2.45) is 0 Å². The van der Waals surface area contributed by atoms with Gasteiger partial charge in [-0.2, -0.15) is 0 Å². The number of rotatable bonds is 6. The summed E-state index contributed by atoms with van der Waals surface area (Å²) in [6.45, 7) is 14.2. The fourth-order valence-corrected chi connectivity index (χ4v) is 2.36. The van der Waals surface area contributed by atoms with E-state index in [0.717, 1.165) is 29.7 Å². The van der Waals surface area contributed by atoms with E-state index < -0.39 is 0 Å². The van der Waals surface area contributed by atoms with E-state index in [1.165, 1.54) is 0 Å². The van der Waals surface area contributed by atoms with Crippen LogP contribution >= 0.6 is 0 Å². The molecule has 0 spiro atoms. The van der Waals surface area contributed by atoms with Gasteiger partial charge in [-0.3, -0.25) is 0 Å². The van der Waals surface area contributed by atoms with E-state index in [4.69, 9.17) is 5.73 Å². The average molecular weight is 256 g/mol. The van der Waals surface area contributed by atoms with Crippen LogP contribution in [0.1, 0.15) is 50.4 Å². The number of nitrogens with zero attached hydrogens (tertiary/aromatic N) is 1. The Morgan fingerprint density at radius 1 is 1.37 bits per heavy atom. The van der Waals surface area contributed by atoms with Crippen LogP contribution in [0.2, 0.25) is 0 Å². The van der Waals surface area contributed by atoms with Gasteiger partial charge >= 0.3 is 0 Å². The number of anilines is 1. The molecular formula is C17H24N2. The molecular weight excluding hydrogens is 232 g/mol. The summed E-state index contributed by atoms with van der Waals surface area (Å²) in [6, 6.07) is 1.86. The molecule has 1 aromatic heterocycles. The number of aromatic nitrogens is 1. The molecule has 0 aliphatic rings. The lowest BCUT2D eigenvalue weighted by Gasteiger charge is -2.26. The lowest BCUT2D eigenvalue weighted by Crippen LogP contribution is -2.21. The minimum Gasteiger partial charge on any atom is -0.384 e. The Bertz CT molecular complexity index is 496. The molecule has 0 unspecified atom stereocenters. The van der Waals surface area contributed by atoms with Crippen LogP contribution in [0.5, 0.6) is 0 Å². The highest BCUT2D eigenvalue weighted by atomic mass is 14.9. The Kier molecular flexibility index (Phi) is 5.11. The predicted molar refractivity (Wildman–Crippen MR) is 85.9 cm³/mol. The first-order chi connectivity index (χ1) is 8.96. The maximum absolute atomic E-state index is 5.92. The molecule has 0 amide bonds. The quantitative estimate of drug-likeness (QED) is 0.756. The van der Waals surface area contributed by atoms with Gasteiger partial charge in [-0.25, -0.2) is 4.98 Å². The molecule has 0 atom stereocenters. The zero-order valence-corrected chi connectivity index (χ0v) is 12.2. The minimum absolute atomic E-state index is 0.0112. The van der Waals surface area contributed by atoms with E-state index in [0.29, 0.717) is 5.82 Å². The van der Waals surface area contributed by atoms with Crippen molar-refractivity contribution in [2.45, 2.75) is 39.0 Å². The molecule has 1 aromatic rings. The van der Waals surface area contributed by atoms with E-state index in [-0.39, 0.29) is 5.41 Å². The van der Waals surface area contributed by atoms with Gasteiger partial charge in [-0.1, -0.05) is 64.7 Å². The van der Waals surface area contributed by atoms with Crippen LogP contribution in [-0.4, -0.2) is 4.98 Å². The monoisotopic (exact) mass is 256 g/mol. The molecule has 2 heteroatoms. The first kappa shape index (κ1) is 15.2. The maximum Gasteiger partial charge on any atom is 0.124 e. The number of nitrogen functional groups attached to an aromatic ring is 1. The van der Waals surface area contributed by atoms with Crippen LogP contribution in [0, 0.1) is 0 Å². The second kappa shape index (κ2) is 6.37. The van der Waals surface area contributed by atoms with Crippen LogP contribution in [-0.2, 0) is 5.41 Å². The molecule has 2 N–H and O–H groups in total. The molecule has 102 valence electrons. The summed E-state index contributed by atoms with van der Waals surface area (Å²) < 4.78 is 0. The summed E-state index contributed by atoms with van der Waals surface area (Å²) in [6.07, 6.45) is 9.72. The predicted octanol–water partition coefficient (Wildman–Crippen LogP) is 4.58. The van der Waals surface area contributed by atoms with Crippen molar-refractivity contribution in [2.75, 3.05) is 5.73 Å². The molecule has 0 radical (unpaired) electrons. The van der Waals surface area contributed by atoms with E-state index in [2.05, 4.69) is 38.9 Å². The number of hydrogen-bond acceptors (Lipinski definition) is 2. The summed E-state index contributed by atoms with van der Waals surface area (Å²) in [5.41, 5.74) is 9.05. The third kappa shape index (κ3) is 3.57. The van der Waals surface area contributed by atoms with Crippen molar-refractivity contribution in [1.82, 2.24) is 4.98 Å². The number of nitrogens with two attached hydrogens (primary N) is 1. The largest absolute Gasteiger partial charge is 0.384 e. The SMILES string of the molecule is C=C/C=C\c1c(C=C)cc(N)nc1C(C)(C)CCC. The van der Waals surface area contributed by atoms with Crippen molar-refractivity contribution in [1.29, 1.82) is 0 Å². The van der Waals surface area contributed by atoms with Crippen LogP contribution in [0.25, 0.3) is 12.2 Å². The topological polar surface area (TPSA) is 38.9 Å². The molecule has 0 aliphatic carbocycles. The lowest BCUT2D eigenvalue weighted by atomic mass is 9.80. The fraction of sp³-hybridized carbons (Fsp3) is 0.353. The second-order valence-corrected chi connectivity index (χ2v) is 5.33. The molecule has 0 aromatic carbocycles. The zero-order valence-electron chi connectivity index (χ0n) is 12.2. The molecule has 19 heavy (non-hydrogen) atoms. The van der Waals surface area contributed by atoms with Crippen molar-refractivity contribution in [3.05, 3.63) is 48.2 Å². The van der Waals surface area contributed by atoms with Gasteiger partial charge in [0.05, 0.1) is 5.69 Å². The van der Waals surface area contributed by atoms with Crippen molar-refractivity contribution in [3.8, 4) is 0 Å². The summed E-state index contributed by atoms with van der Waals surface area (Å²) in [4.78, 5) is 4.57. The van der Waals surface area contributed by atoms with Gasteiger partial charge in [-0.05, 0) is 18.1 Å². The van der Waals surface area contributed by atoms with Gasteiger partial charge in [0.2, 0.25) is 0 Å². The van der Waals surface area contributed by atoms with Crippen LogP contribution in [0.3, 0.4) is 0 Å². The standard InChI is InChI=1S/C17H24N2/c1-6-9-10-14-13(8-3)12-15(18)19-16(14)17(4,5)11-7-2/h6,8-10,12H,1,3,7,11H2,2,4-5H3,(H2,18,19)/b10-9-. The van der Waals surface area contributed by atoms with Crippen molar-refractivity contribution < 1.29 is 0 Å². The minimum atomic E-state index is -0.0112. The smallest absolute Gasteiger partial charge is 0.124 e. The highest BCUT2D eigenvalue weighted by molar-refractivity contribution is 5.69. The highest BCUT2D eigenvalue weighted by Crippen LogP contribution is 2.33. The summed E-state index contributed by atoms with van der Waals surface area (Å²) in [7, 11) is 0. The van der Waals surface area contributed by atoms with E-state index >= 15 is 0 Å². The number of allylic oxidation sites excluding steroid dienone is 2. The maximum atomic E-state index is 5.92. The third-order valence-corrected chi connectivity index (χ3v) is 3.25. The lowest BCUT2D eigenvalue weighted by molar-refractivity contribution is 0.459. The van der Waals surface area contributed by atoms with Gasteiger partial charge in [0.15, 0.2) is 0 Å². The summed E-state index contributed by atoms with van der Waals surface area (Å²) >= 11 is 0. The van der Waals surface area contributed by atoms with Crippen molar-refractivity contribution >= 4 is 18.0 Å². The third-order valence-electron chi connectivity index (χ3n) is 3.25. The van der Waals surface area contributed by atoms with Gasteiger partial charge < -0.3 is 5.73 Å². The zero-order chi connectivity index (χ0) is 14.5. The van der Waals surface area contributed by atoms with Crippen LogP contribution in [0.15, 0.2) is 31.4 Å². The first-order valence-electron chi connectivity index (χ1n) is 6.68.